The first kappa shape index (κ1) is 12.0. The van der Waals surface area contributed by atoms with Crippen LogP contribution in [0.3, 0.4) is 0 Å². The van der Waals surface area contributed by atoms with E-state index in [0.717, 1.165) is 17.8 Å². The minimum absolute atomic E-state index is 0.316. The molecule has 0 N–H and O–H groups in total. The maximum Gasteiger partial charge on any atom is 0.101 e. The fraction of sp³-hybridized carbons (Fsp3) is 1.00. The second-order valence-corrected chi connectivity index (χ2v) is 7.17. The van der Waals surface area contributed by atoms with E-state index in [0.29, 0.717) is 23.5 Å². The topological polar surface area (TPSA) is 18.5 Å². The van der Waals surface area contributed by atoms with Crippen molar-refractivity contribution in [1.82, 2.24) is 0 Å². The van der Waals surface area contributed by atoms with E-state index in [2.05, 4.69) is 27.7 Å². The van der Waals surface area contributed by atoms with Gasteiger partial charge in [-0.25, -0.2) is 9.78 Å². The van der Waals surface area contributed by atoms with Gasteiger partial charge >= 0.3 is 0 Å². The molecule has 1 heterocycles. The predicted molar refractivity (Wildman–Crippen MR) is 67.3 cm³/mol. The van der Waals surface area contributed by atoms with E-state index in [-0.39, 0.29) is 0 Å². The van der Waals surface area contributed by atoms with Crippen molar-refractivity contribution in [3.05, 3.63) is 0 Å². The Labute approximate surface area is 105 Å². The average molecular weight is 238 g/mol. The SMILES string of the molecule is CC(C)[C@H]1OO[C@@H]2CC(C)[C@H]3[C@H](C)CCC13C2. The van der Waals surface area contributed by atoms with Crippen molar-refractivity contribution < 1.29 is 9.78 Å². The Morgan fingerprint density at radius 2 is 1.88 bits per heavy atom. The molecular weight excluding hydrogens is 212 g/mol. The first-order chi connectivity index (χ1) is 8.04. The van der Waals surface area contributed by atoms with Crippen LogP contribution in [0.1, 0.15) is 53.4 Å². The molecule has 2 heteroatoms. The van der Waals surface area contributed by atoms with Gasteiger partial charge in [0.15, 0.2) is 0 Å². The number of rotatable bonds is 1. The van der Waals surface area contributed by atoms with E-state index in [9.17, 15) is 0 Å². The molecule has 1 aliphatic heterocycles. The molecule has 0 aromatic rings. The molecule has 2 nitrogen and oxygen atoms in total. The Hall–Kier alpha value is -0.0800. The van der Waals surface area contributed by atoms with Crippen LogP contribution in [0.15, 0.2) is 0 Å². The lowest BCUT2D eigenvalue weighted by Gasteiger charge is -2.55. The molecule has 3 aliphatic rings. The van der Waals surface area contributed by atoms with Gasteiger partial charge in [0, 0.05) is 5.41 Å². The summed E-state index contributed by atoms with van der Waals surface area (Å²) in [7, 11) is 0. The zero-order valence-corrected chi connectivity index (χ0v) is 11.6. The summed E-state index contributed by atoms with van der Waals surface area (Å²) in [6.07, 6.45) is 5.86. The van der Waals surface area contributed by atoms with Gasteiger partial charge in [-0.3, -0.25) is 0 Å². The van der Waals surface area contributed by atoms with Gasteiger partial charge in [-0.1, -0.05) is 27.7 Å². The van der Waals surface area contributed by atoms with Crippen molar-refractivity contribution in [1.29, 1.82) is 0 Å². The maximum atomic E-state index is 5.81. The summed E-state index contributed by atoms with van der Waals surface area (Å²) in [5.74, 6) is 3.09. The lowest BCUT2D eigenvalue weighted by Crippen LogP contribution is -2.56. The number of hydrogen-bond donors (Lipinski definition) is 0. The Morgan fingerprint density at radius 3 is 2.59 bits per heavy atom. The van der Waals surface area contributed by atoms with E-state index in [1.54, 1.807) is 0 Å². The van der Waals surface area contributed by atoms with E-state index in [1.807, 2.05) is 0 Å². The smallest absolute Gasteiger partial charge is 0.101 e. The summed E-state index contributed by atoms with van der Waals surface area (Å²) in [5, 5.41) is 0. The van der Waals surface area contributed by atoms with Crippen LogP contribution in [0.4, 0.5) is 0 Å². The third-order valence-electron chi connectivity index (χ3n) is 5.66. The first-order valence-corrected chi connectivity index (χ1v) is 7.36. The monoisotopic (exact) mass is 238 g/mol. The standard InChI is InChI=1S/C15H26O2/c1-9(2)14-15-6-5-10(3)13(15)11(4)7-12(8-15)16-17-14/h9-14H,5-8H2,1-4H3/t10-,11?,12-,13-,14-,15?/m1/s1. The third kappa shape index (κ3) is 1.60. The van der Waals surface area contributed by atoms with Gasteiger partial charge in [0.25, 0.3) is 0 Å². The van der Waals surface area contributed by atoms with Crippen LogP contribution in [-0.4, -0.2) is 12.2 Å². The van der Waals surface area contributed by atoms with Gasteiger partial charge in [0.2, 0.25) is 0 Å². The van der Waals surface area contributed by atoms with Gasteiger partial charge in [0.05, 0.1) is 6.10 Å². The molecule has 3 rings (SSSR count). The van der Waals surface area contributed by atoms with Crippen LogP contribution >= 0.6 is 0 Å². The summed E-state index contributed by atoms with van der Waals surface area (Å²) in [6, 6.07) is 0. The minimum Gasteiger partial charge on any atom is -0.233 e. The molecule has 2 unspecified atom stereocenters. The quantitative estimate of drug-likeness (QED) is 0.647. The van der Waals surface area contributed by atoms with Crippen molar-refractivity contribution >= 4 is 0 Å². The van der Waals surface area contributed by atoms with Crippen molar-refractivity contribution in [3.63, 3.8) is 0 Å². The van der Waals surface area contributed by atoms with Crippen LogP contribution in [-0.2, 0) is 9.78 Å². The molecule has 98 valence electrons. The second kappa shape index (κ2) is 3.96. The van der Waals surface area contributed by atoms with Crippen molar-refractivity contribution in [2.24, 2.45) is 29.1 Å². The van der Waals surface area contributed by atoms with E-state index < -0.39 is 0 Å². The summed E-state index contributed by atoms with van der Waals surface area (Å²) >= 11 is 0. The molecule has 0 amide bonds. The summed E-state index contributed by atoms with van der Waals surface area (Å²) in [4.78, 5) is 11.4. The lowest BCUT2D eigenvalue weighted by atomic mass is 9.57. The van der Waals surface area contributed by atoms with Crippen molar-refractivity contribution in [2.75, 3.05) is 0 Å². The second-order valence-electron chi connectivity index (χ2n) is 7.17. The number of hydrogen-bond acceptors (Lipinski definition) is 2. The van der Waals surface area contributed by atoms with Gasteiger partial charge in [0.1, 0.15) is 6.10 Å². The highest BCUT2D eigenvalue weighted by Crippen LogP contribution is 2.62. The normalized spacial score (nSPS) is 53.8. The highest BCUT2D eigenvalue weighted by atomic mass is 17.2. The van der Waals surface area contributed by atoms with Gasteiger partial charge in [-0.2, -0.15) is 0 Å². The zero-order chi connectivity index (χ0) is 12.2. The van der Waals surface area contributed by atoms with Crippen molar-refractivity contribution in [2.45, 2.75) is 65.6 Å². The minimum atomic E-state index is 0.316. The van der Waals surface area contributed by atoms with Gasteiger partial charge < -0.3 is 0 Å². The summed E-state index contributed by atoms with van der Waals surface area (Å²) < 4.78 is 0. The Balaban J connectivity index is 1.98. The Morgan fingerprint density at radius 1 is 1.12 bits per heavy atom. The molecule has 3 fully saturated rings. The molecule has 2 saturated carbocycles. The number of fused-ring (bicyclic) bond motifs is 1. The van der Waals surface area contributed by atoms with Crippen LogP contribution in [0.2, 0.25) is 0 Å². The zero-order valence-electron chi connectivity index (χ0n) is 11.6. The highest BCUT2D eigenvalue weighted by Gasteiger charge is 2.60. The molecule has 1 spiro atoms. The molecule has 1 saturated heterocycles. The maximum absolute atomic E-state index is 5.81. The van der Waals surface area contributed by atoms with Crippen LogP contribution in [0.25, 0.3) is 0 Å². The third-order valence-corrected chi connectivity index (χ3v) is 5.66. The van der Waals surface area contributed by atoms with Crippen LogP contribution in [0, 0.1) is 29.1 Å². The molecule has 17 heavy (non-hydrogen) atoms. The van der Waals surface area contributed by atoms with Crippen LogP contribution < -0.4 is 0 Å². The molecule has 0 aromatic heterocycles. The van der Waals surface area contributed by atoms with Gasteiger partial charge in [-0.15, -0.1) is 0 Å². The largest absolute Gasteiger partial charge is 0.233 e. The molecule has 2 aliphatic carbocycles. The van der Waals surface area contributed by atoms with E-state index >= 15 is 0 Å². The molecule has 0 aromatic carbocycles. The average Bonchev–Trinajstić information content (AvgIpc) is 2.56. The lowest BCUT2D eigenvalue weighted by molar-refractivity contribution is -0.427. The van der Waals surface area contributed by atoms with Crippen molar-refractivity contribution in [3.8, 4) is 0 Å². The van der Waals surface area contributed by atoms with E-state index in [4.69, 9.17) is 9.78 Å². The summed E-state index contributed by atoms with van der Waals surface area (Å²) in [5.41, 5.74) is 0.425. The molecule has 0 radical (unpaired) electrons. The predicted octanol–water partition coefficient (Wildman–Crippen LogP) is 3.80. The first-order valence-electron chi connectivity index (χ1n) is 7.36. The van der Waals surface area contributed by atoms with Crippen LogP contribution in [0.5, 0.6) is 0 Å². The molecule has 2 bridgehead atoms. The van der Waals surface area contributed by atoms with E-state index in [1.165, 1.54) is 25.7 Å². The summed E-state index contributed by atoms with van der Waals surface area (Å²) in [6.45, 7) is 9.44. The van der Waals surface area contributed by atoms with Gasteiger partial charge in [-0.05, 0) is 49.4 Å². The Bertz CT molecular complexity index is 301. The molecular formula is C15H26O2. The molecule has 6 atom stereocenters. The Kier molecular flexibility index (Phi) is 2.79. The highest BCUT2D eigenvalue weighted by molar-refractivity contribution is 5.07. The fourth-order valence-corrected chi connectivity index (χ4v) is 5.37. The fourth-order valence-electron chi connectivity index (χ4n) is 5.37.